The third-order valence-electron chi connectivity index (χ3n) is 6.18. The highest BCUT2D eigenvalue weighted by Crippen LogP contribution is 2.40. The fourth-order valence-electron chi connectivity index (χ4n) is 4.31. The number of aromatic nitrogens is 1. The van der Waals surface area contributed by atoms with Gasteiger partial charge in [-0.2, -0.15) is 0 Å². The maximum absolute atomic E-state index is 13.6. The zero-order chi connectivity index (χ0) is 24.2. The Morgan fingerprint density at radius 1 is 1.09 bits per heavy atom. The number of hydrogen-bond donors (Lipinski definition) is 0. The van der Waals surface area contributed by atoms with E-state index in [-0.39, 0.29) is 19.1 Å². The lowest BCUT2D eigenvalue weighted by atomic mass is 10.1. The topological polar surface area (TPSA) is 82.6 Å². The first-order valence-electron chi connectivity index (χ1n) is 11.7. The van der Waals surface area contributed by atoms with Crippen LogP contribution in [0.1, 0.15) is 12.0 Å². The van der Waals surface area contributed by atoms with Crippen LogP contribution in [0.5, 0.6) is 23.0 Å². The van der Waals surface area contributed by atoms with E-state index in [1.807, 2.05) is 30.3 Å². The van der Waals surface area contributed by atoms with Crippen molar-refractivity contribution in [1.29, 1.82) is 0 Å². The minimum atomic E-state index is -0.0252. The Morgan fingerprint density at radius 3 is 2.66 bits per heavy atom. The minimum Gasteiger partial charge on any atom is -0.495 e. The Kier molecular flexibility index (Phi) is 7.21. The highest BCUT2D eigenvalue weighted by Gasteiger charge is 2.24. The van der Waals surface area contributed by atoms with Crippen molar-refractivity contribution in [3.05, 3.63) is 35.9 Å². The number of carbonyl (C=O) groups excluding carboxylic acids is 1. The predicted molar refractivity (Wildman–Crippen MR) is 133 cm³/mol. The molecule has 2 aliphatic rings. The molecule has 9 nitrogen and oxygen atoms in total. The fraction of sp³-hybridized carbons (Fsp3) is 0.440. The van der Waals surface area contributed by atoms with Gasteiger partial charge in [0.2, 0.25) is 12.7 Å². The highest BCUT2D eigenvalue weighted by atomic mass is 32.1. The van der Waals surface area contributed by atoms with Crippen LogP contribution in [0.15, 0.2) is 30.3 Å². The van der Waals surface area contributed by atoms with Crippen molar-refractivity contribution in [3.8, 4) is 23.0 Å². The quantitative estimate of drug-likeness (QED) is 0.443. The smallest absolute Gasteiger partial charge is 0.233 e. The van der Waals surface area contributed by atoms with Crippen molar-refractivity contribution in [1.82, 2.24) is 9.88 Å². The summed E-state index contributed by atoms with van der Waals surface area (Å²) in [4.78, 5) is 22.6. The molecule has 1 aromatic heterocycles. The van der Waals surface area contributed by atoms with Crippen molar-refractivity contribution in [2.45, 2.75) is 12.8 Å². The van der Waals surface area contributed by atoms with Gasteiger partial charge in [0, 0.05) is 26.2 Å². The van der Waals surface area contributed by atoms with Gasteiger partial charge < -0.3 is 23.7 Å². The molecule has 3 heterocycles. The van der Waals surface area contributed by atoms with Crippen LogP contribution in [0.2, 0.25) is 0 Å². The van der Waals surface area contributed by atoms with Crippen LogP contribution < -0.4 is 23.8 Å². The Balaban J connectivity index is 1.40. The number of carbonyl (C=O) groups is 1. The zero-order valence-corrected chi connectivity index (χ0v) is 20.8. The lowest BCUT2D eigenvalue weighted by molar-refractivity contribution is -0.118. The van der Waals surface area contributed by atoms with E-state index in [4.69, 9.17) is 28.7 Å². The molecule has 186 valence electrons. The van der Waals surface area contributed by atoms with E-state index in [0.29, 0.717) is 40.2 Å². The first-order chi connectivity index (χ1) is 17.2. The first-order valence-corrected chi connectivity index (χ1v) is 12.5. The summed E-state index contributed by atoms with van der Waals surface area (Å²) < 4.78 is 28.3. The molecule has 0 N–H and O–H groups in total. The molecule has 1 amide bonds. The summed E-state index contributed by atoms with van der Waals surface area (Å²) in [5.41, 5.74) is 1.56. The average molecular weight is 500 g/mol. The number of methoxy groups -OCH3 is 2. The van der Waals surface area contributed by atoms with Gasteiger partial charge in [0.05, 0.1) is 33.9 Å². The number of benzene rings is 2. The molecule has 2 aliphatic heterocycles. The number of amides is 1. The van der Waals surface area contributed by atoms with E-state index in [0.717, 1.165) is 49.5 Å². The summed E-state index contributed by atoms with van der Waals surface area (Å²) in [7, 11) is 3.25. The number of thiazole rings is 1. The van der Waals surface area contributed by atoms with Gasteiger partial charge in [-0.1, -0.05) is 17.4 Å². The maximum Gasteiger partial charge on any atom is 0.233 e. The lowest BCUT2D eigenvalue weighted by Crippen LogP contribution is -2.39. The third kappa shape index (κ3) is 5.14. The summed E-state index contributed by atoms with van der Waals surface area (Å²) in [6.45, 7) is 5.01. The molecule has 0 spiro atoms. The van der Waals surface area contributed by atoms with E-state index in [2.05, 4.69) is 4.90 Å². The Labute approximate surface area is 208 Å². The molecule has 1 saturated heterocycles. The second-order valence-electron chi connectivity index (χ2n) is 8.36. The van der Waals surface area contributed by atoms with E-state index in [1.165, 1.54) is 11.3 Å². The number of rotatable bonds is 9. The van der Waals surface area contributed by atoms with Crippen molar-refractivity contribution in [2.24, 2.45) is 0 Å². The molecule has 0 saturated carbocycles. The van der Waals surface area contributed by atoms with Gasteiger partial charge in [0.25, 0.3) is 0 Å². The maximum atomic E-state index is 13.6. The molecule has 0 radical (unpaired) electrons. The van der Waals surface area contributed by atoms with Crippen LogP contribution in [0.4, 0.5) is 5.13 Å². The summed E-state index contributed by atoms with van der Waals surface area (Å²) in [6.07, 6.45) is 1.06. The van der Waals surface area contributed by atoms with Crippen molar-refractivity contribution in [2.75, 3.05) is 65.3 Å². The molecular weight excluding hydrogens is 470 g/mol. The van der Waals surface area contributed by atoms with Crippen LogP contribution in [0, 0.1) is 0 Å². The Morgan fingerprint density at radius 2 is 1.86 bits per heavy atom. The van der Waals surface area contributed by atoms with Crippen LogP contribution in [-0.2, 0) is 16.0 Å². The summed E-state index contributed by atoms with van der Waals surface area (Å²) in [5, 5.41) is 0.635. The predicted octanol–water partition coefficient (Wildman–Crippen LogP) is 3.34. The number of ether oxygens (including phenoxy) is 5. The van der Waals surface area contributed by atoms with Gasteiger partial charge in [-0.25, -0.2) is 4.98 Å². The van der Waals surface area contributed by atoms with Crippen molar-refractivity contribution >= 4 is 32.6 Å². The average Bonchev–Trinajstić information content (AvgIpc) is 3.53. The number of hydrogen-bond acceptors (Lipinski definition) is 9. The molecule has 2 aromatic carbocycles. The molecule has 10 heteroatoms. The molecule has 0 aliphatic carbocycles. The van der Waals surface area contributed by atoms with E-state index >= 15 is 0 Å². The molecule has 0 unspecified atom stereocenters. The van der Waals surface area contributed by atoms with Crippen LogP contribution in [0.25, 0.3) is 10.2 Å². The van der Waals surface area contributed by atoms with E-state index in [9.17, 15) is 4.79 Å². The van der Waals surface area contributed by atoms with Crippen molar-refractivity contribution in [3.63, 3.8) is 0 Å². The monoisotopic (exact) mass is 499 g/mol. The van der Waals surface area contributed by atoms with Gasteiger partial charge >= 0.3 is 0 Å². The molecule has 3 aromatic rings. The molecule has 1 fully saturated rings. The van der Waals surface area contributed by atoms with Crippen LogP contribution >= 0.6 is 11.3 Å². The third-order valence-corrected chi connectivity index (χ3v) is 7.28. The SMILES string of the molecule is COc1ccc(OC)c2sc(N(CCCN3CCOCC3)C(=O)Cc3ccc4c(c3)OCO4)nc12. The number of morpholine rings is 1. The second-order valence-corrected chi connectivity index (χ2v) is 9.34. The van der Waals surface area contributed by atoms with Gasteiger partial charge in [-0.05, 0) is 36.2 Å². The first kappa shape index (κ1) is 23.7. The normalized spacial score (nSPS) is 15.4. The van der Waals surface area contributed by atoms with E-state index in [1.54, 1.807) is 19.1 Å². The van der Waals surface area contributed by atoms with Crippen LogP contribution in [-0.4, -0.2) is 76.2 Å². The second kappa shape index (κ2) is 10.7. The molecule has 0 atom stereocenters. The summed E-state index contributed by atoms with van der Waals surface area (Å²) in [6, 6.07) is 9.32. The summed E-state index contributed by atoms with van der Waals surface area (Å²) >= 11 is 1.44. The lowest BCUT2D eigenvalue weighted by Gasteiger charge is -2.27. The molecule has 0 bridgehead atoms. The number of fused-ring (bicyclic) bond motifs is 2. The minimum absolute atomic E-state index is 0.0252. The van der Waals surface area contributed by atoms with Gasteiger partial charge in [-0.3, -0.25) is 14.6 Å². The summed E-state index contributed by atoms with van der Waals surface area (Å²) in [5.74, 6) is 2.71. The Bertz CT molecular complexity index is 1150. The molecule has 35 heavy (non-hydrogen) atoms. The standard InChI is InChI=1S/C25H29N3O6S/c1-30-19-6-7-20(31-2)24-23(19)26-25(35-24)28(9-3-8-27-10-12-32-13-11-27)22(29)15-17-4-5-18-21(14-17)34-16-33-18/h4-7,14H,3,8-13,15-16H2,1-2H3. The Hall–Kier alpha value is -3.08. The zero-order valence-electron chi connectivity index (χ0n) is 20.0. The molecular formula is C25H29N3O6S. The largest absolute Gasteiger partial charge is 0.495 e. The number of nitrogens with zero attached hydrogens (tertiary/aromatic N) is 3. The van der Waals surface area contributed by atoms with Crippen LogP contribution in [0.3, 0.4) is 0 Å². The van der Waals surface area contributed by atoms with Gasteiger partial charge in [0.1, 0.15) is 21.7 Å². The van der Waals surface area contributed by atoms with Gasteiger partial charge in [0.15, 0.2) is 16.6 Å². The van der Waals surface area contributed by atoms with Gasteiger partial charge in [-0.15, -0.1) is 0 Å². The van der Waals surface area contributed by atoms with Crippen molar-refractivity contribution < 1.29 is 28.5 Å². The molecule has 5 rings (SSSR count). The highest BCUT2D eigenvalue weighted by molar-refractivity contribution is 7.22. The van der Waals surface area contributed by atoms with E-state index < -0.39 is 0 Å². The number of anilines is 1. The fourth-order valence-corrected chi connectivity index (χ4v) is 5.43.